The molecule has 0 spiro atoms. The number of piperazine rings is 1. The topological polar surface area (TPSA) is 80.5 Å². The smallest absolute Gasteiger partial charge is 0.256 e. The number of hydrogen-bond acceptors (Lipinski definition) is 4. The van der Waals surface area contributed by atoms with Crippen molar-refractivity contribution in [1.82, 2.24) is 14.8 Å². The molecule has 2 aromatic rings. The number of carbonyl (C=O) groups excluding carboxylic acids is 2. The van der Waals surface area contributed by atoms with Crippen LogP contribution in [0.25, 0.3) is 11.6 Å². The van der Waals surface area contributed by atoms with Crippen LogP contribution in [-0.4, -0.2) is 65.9 Å². The summed E-state index contributed by atoms with van der Waals surface area (Å²) in [5.74, 6) is -0.724. The molecule has 1 saturated heterocycles. The first kappa shape index (κ1) is 21.3. The van der Waals surface area contributed by atoms with Crippen LogP contribution in [0, 0.1) is 19.7 Å². The molecule has 1 aromatic carbocycles. The molecule has 2 aliphatic rings. The second-order valence-electron chi connectivity index (χ2n) is 8.12. The molecule has 4 rings (SSSR count). The van der Waals surface area contributed by atoms with Gasteiger partial charge < -0.3 is 20.5 Å². The Bertz CT molecular complexity index is 1050. The molecular formula is C23H28FN5O2. The normalized spacial score (nSPS) is 18.3. The third-order valence-corrected chi connectivity index (χ3v) is 6.07. The highest BCUT2D eigenvalue weighted by Gasteiger charge is 2.26. The Morgan fingerprint density at radius 3 is 2.61 bits per heavy atom. The zero-order valence-electron chi connectivity index (χ0n) is 18.1. The largest absolute Gasteiger partial charge is 0.357 e. The number of halogens is 1. The molecule has 0 bridgehead atoms. The Balaban J connectivity index is 1.50. The number of aromatic amines is 1. The van der Waals surface area contributed by atoms with Crippen molar-refractivity contribution < 1.29 is 14.0 Å². The third-order valence-electron chi connectivity index (χ3n) is 6.07. The number of aryl methyl sites for hydroxylation is 1. The predicted octanol–water partition coefficient (Wildman–Crippen LogP) is 2.84. The van der Waals surface area contributed by atoms with Crippen molar-refractivity contribution in [3.8, 4) is 0 Å². The van der Waals surface area contributed by atoms with Crippen molar-refractivity contribution in [2.45, 2.75) is 20.8 Å². The number of carbonyl (C=O) groups is 2. The van der Waals surface area contributed by atoms with E-state index in [-0.39, 0.29) is 11.8 Å². The maximum atomic E-state index is 13.7. The van der Waals surface area contributed by atoms with Gasteiger partial charge in [0, 0.05) is 48.8 Å². The van der Waals surface area contributed by atoms with Crippen molar-refractivity contribution in [1.29, 1.82) is 0 Å². The summed E-state index contributed by atoms with van der Waals surface area (Å²) >= 11 is 0. The minimum atomic E-state index is -0.395. The molecule has 8 heteroatoms. The summed E-state index contributed by atoms with van der Waals surface area (Å²) in [4.78, 5) is 32.8. The summed E-state index contributed by atoms with van der Waals surface area (Å²) in [6.45, 7) is 11.0. The minimum Gasteiger partial charge on any atom is -0.357 e. The number of hydrogen-bond donors (Lipinski definition) is 3. The van der Waals surface area contributed by atoms with E-state index in [4.69, 9.17) is 0 Å². The molecule has 3 N–H and O–H groups in total. The van der Waals surface area contributed by atoms with Gasteiger partial charge in [-0.2, -0.15) is 0 Å². The SMILES string of the molecule is CCN1CCN(CC(=O)Nc2c(C)[nH]c(C=C3C(=O)Nc4ccc(F)cc43)c2C)CC1. The summed E-state index contributed by atoms with van der Waals surface area (Å²) < 4.78 is 13.7. The van der Waals surface area contributed by atoms with Gasteiger partial charge in [-0.3, -0.25) is 14.5 Å². The van der Waals surface area contributed by atoms with Gasteiger partial charge in [-0.25, -0.2) is 4.39 Å². The molecule has 164 valence electrons. The molecule has 7 nitrogen and oxygen atoms in total. The molecular weight excluding hydrogens is 397 g/mol. The van der Waals surface area contributed by atoms with Gasteiger partial charge in [0.05, 0.1) is 17.8 Å². The van der Waals surface area contributed by atoms with Crippen LogP contribution >= 0.6 is 0 Å². The molecule has 0 radical (unpaired) electrons. The average Bonchev–Trinajstić information content (AvgIpc) is 3.19. The fraction of sp³-hybridized carbons (Fsp3) is 0.391. The molecule has 1 fully saturated rings. The number of amides is 2. The van der Waals surface area contributed by atoms with Crippen LogP contribution in [0.1, 0.15) is 29.4 Å². The first-order chi connectivity index (χ1) is 14.9. The number of aromatic nitrogens is 1. The fourth-order valence-corrected chi connectivity index (χ4v) is 4.20. The van der Waals surface area contributed by atoms with Crippen molar-refractivity contribution in [3.05, 3.63) is 46.5 Å². The van der Waals surface area contributed by atoms with Gasteiger partial charge in [0.1, 0.15) is 5.82 Å². The zero-order valence-corrected chi connectivity index (χ0v) is 18.1. The van der Waals surface area contributed by atoms with Crippen LogP contribution in [0.5, 0.6) is 0 Å². The molecule has 2 aliphatic heterocycles. The second kappa shape index (κ2) is 8.64. The van der Waals surface area contributed by atoms with Crippen molar-refractivity contribution in [2.24, 2.45) is 0 Å². The van der Waals surface area contributed by atoms with E-state index in [9.17, 15) is 14.0 Å². The standard InChI is InChI=1S/C23H28FN5O2/c1-4-28-7-9-29(10-8-28)13-21(30)27-22-14(2)20(25-15(22)3)12-18-17-11-16(24)5-6-19(17)26-23(18)31/h5-6,11-12,25H,4,7-10,13H2,1-3H3,(H,26,31)(H,27,30). The summed E-state index contributed by atoms with van der Waals surface area (Å²) in [6, 6.07) is 4.23. The Labute approximate surface area is 181 Å². The van der Waals surface area contributed by atoms with Gasteiger partial charge in [-0.15, -0.1) is 0 Å². The third kappa shape index (κ3) is 4.40. The maximum Gasteiger partial charge on any atom is 0.256 e. The van der Waals surface area contributed by atoms with Crippen molar-refractivity contribution in [3.63, 3.8) is 0 Å². The molecule has 0 aliphatic carbocycles. The van der Waals surface area contributed by atoms with E-state index in [1.807, 2.05) is 13.8 Å². The number of nitrogens with one attached hydrogen (secondary N) is 3. The lowest BCUT2D eigenvalue weighted by molar-refractivity contribution is -0.117. The van der Waals surface area contributed by atoms with Crippen LogP contribution in [0.4, 0.5) is 15.8 Å². The van der Waals surface area contributed by atoms with E-state index < -0.39 is 5.82 Å². The highest BCUT2D eigenvalue weighted by atomic mass is 19.1. The Kier molecular flexibility index (Phi) is 5.93. The van der Waals surface area contributed by atoms with E-state index in [1.54, 1.807) is 12.1 Å². The quantitative estimate of drug-likeness (QED) is 0.644. The lowest BCUT2D eigenvalue weighted by Crippen LogP contribution is -2.48. The second-order valence-corrected chi connectivity index (χ2v) is 8.12. The number of nitrogens with zero attached hydrogens (tertiary/aromatic N) is 2. The molecule has 0 saturated carbocycles. The molecule has 2 amide bonds. The zero-order chi connectivity index (χ0) is 22.1. The van der Waals surface area contributed by atoms with Gasteiger partial charge in [0.2, 0.25) is 5.91 Å². The average molecular weight is 426 g/mol. The lowest BCUT2D eigenvalue weighted by Gasteiger charge is -2.33. The minimum absolute atomic E-state index is 0.0552. The van der Waals surface area contributed by atoms with Gasteiger partial charge in [-0.05, 0) is 50.2 Å². The molecule has 31 heavy (non-hydrogen) atoms. The summed E-state index contributed by atoms with van der Waals surface area (Å²) in [7, 11) is 0. The van der Waals surface area contributed by atoms with Crippen LogP contribution in [-0.2, 0) is 9.59 Å². The van der Waals surface area contributed by atoms with Crippen LogP contribution in [0.2, 0.25) is 0 Å². The first-order valence-electron chi connectivity index (χ1n) is 10.6. The summed E-state index contributed by atoms with van der Waals surface area (Å²) in [5, 5.41) is 5.77. The van der Waals surface area contributed by atoms with Crippen molar-refractivity contribution >= 4 is 34.8 Å². The van der Waals surface area contributed by atoms with Crippen LogP contribution in [0.15, 0.2) is 18.2 Å². The highest BCUT2D eigenvalue weighted by molar-refractivity contribution is 6.34. The van der Waals surface area contributed by atoms with E-state index in [2.05, 4.69) is 32.3 Å². The number of H-pyrrole nitrogens is 1. The van der Waals surface area contributed by atoms with Gasteiger partial charge in [-0.1, -0.05) is 6.92 Å². The van der Waals surface area contributed by atoms with Crippen LogP contribution in [0.3, 0.4) is 0 Å². The van der Waals surface area contributed by atoms with E-state index in [1.165, 1.54) is 12.1 Å². The molecule has 1 aromatic heterocycles. The fourth-order valence-electron chi connectivity index (χ4n) is 4.20. The molecule has 0 atom stereocenters. The van der Waals surface area contributed by atoms with Crippen molar-refractivity contribution in [2.75, 3.05) is 49.9 Å². The van der Waals surface area contributed by atoms with E-state index in [0.717, 1.165) is 49.7 Å². The number of anilines is 2. The number of likely N-dealkylation sites (N-methyl/N-ethyl adjacent to an activating group) is 1. The number of benzene rings is 1. The van der Waals surface area contributed by atoms with Crippen LogP contribution < -0.4 is 10.6 Å². The number of fused-ring (bicyclic) bond motifs is 1. The summed E-state index contributed by atoms with van der Waals surface area (Å²) in [6.07, 6.45) is 1.71. The first-order valence-corrected chi connectivity index (χ1v) is 10.6. The Hall–Kier alpha value is -2.97. The monoisotopic (exact) mass is 425 g/mol. The summed E-state index contributed by atoms with van der Waals surface area (Å²) in [5.41, 5.74) is 4.61. The molecule has 3 heterocycles. The lowest BCUT2D eigenvalue weighted by atomic mass is 10.0. The number of rotatable bonds is 5. The van der Waals surface area contributed by atoms with E-state index in [0.29, 0.717) is 29.1 Å². The Morgan fingerprint density at radius 1 is 1.19 bits per heavy atom. The Morgan fingerprint density at radius 2 is 1.90 bits per heavy atom. The maximum absolute atomic E-state index is 13.7. The molecule has 0 unspecified atom stereocenters. The van der Waals surface area contributed by atoms with Gasteiger partial charge in [0.15, 0.2) is 0 Å². The highest BCUT2D eigenvalue weighted by Crippen LogP contribution is 2.35. The van der Waals surface area contributed by atoms with Gasteiger partial charge >= 0.3 is 0 Å². The van der Waals surface area contributed by atoms with Gasteiger partial charge in [0.25, 0.3) is 5.91 Å². The van der Waals surface area contributed by atoms with E-state index >= 15 is 0 Å². The predicted molar refractivity (Wildman–Crippen MR) is 120 cm³/mol.